The zero-order valence-corrected chi connectivity index (χ0v) is 12.8. The normalized spacial score (nSPS) is 13.4. The Morgan fingerprint density at radius 2 is 1.84 bits per heavy atom. The molecule has 1 atom stereocenters. The molecule has 19 heavy (non-hydrogen) atoms. The minimum absolute atomic E-state index is 0.0145. The van der Waals surface area contributed by atoms with E-state index in [1.54, 1.807) is 12.1 Å². The smallest absolute Gasteiger partial charge is 0.224 e. The van der Waals surface area contributed by atoms with Crippen LogP contribution in [-0.4, -0.2) is 10.8 Å². The van der Waals surface area contributed by atoms with Gasteiger partial charge in [-0.25, -0.2) is 4.39 Å². The van der Waals surface area contributed by atoms with E-state index < -0.39 is 4.87 Å². The van der Waals surface area contributed by atoms with Gasteiger partial charge in [-0.3, -0.25) is 4.79 Å². The number of halogens is 1. The number of carbonyl (C=O) groups is 1. The van der Waals surface area contributed by atoms with Crippen molar-refractivity contribution >= 4 is 18.5 Å². The molecular formula is C15H22FNOS. The minimum Gasteiger partial charge on any atom is -0.342 e. The maximum Gasteiger partial charge on any atom is 0.224 e. The van der Waals surface area contributed by atoms with Gasteiger partial charge in [0.2, 0.25) is 5.91 Å². The van der Waals surface area contributed by atoms with E-state index in [4.69, 9.17) is 0 Å². The van der Waals surface area contributed by atoms with E-state index in [1.165, 1.54) is 12.1 Å². The van der Waals surface area contributed by atoms with Gasteiger partial charge in [-0.1, -0.05) is 26.0 Å². The maximum atomic E-state index is 12.9. The predicted octanol–water partition coefficient (Wildman–Crippen LogP) is 3.42. The van der Waals surface area contributed by atoms with Gasteiger partial charge >= 0.3 is 0 Å². The van der Waals surface area contributed by atoms with Crippen LogP contribution in [0.25, 0.3) is 0 Å². The molecule has 0 aliphatic rings. The van der Waals surface area contributed by atoms with Crippen molar-refractivity contribution < 1.29 is 9.18 Å². The molecule has 106 valence electrons. The second kappa shape index (κ2) is 6.42. The molecule has 0 heterocycles. The summed E-state index contributed by atoms with van der Waals surface area (Å²) in [7, 11) is 0. The van der Waals surface area contributed by atoms with Crippen molar-refractivity contribution in [3.63, 3.8) is 0 Å². The first-order valence-electron chi connectivity index (χ1n) is 6.48. The molecule has 2 nitrogen and oxygen atoms in total. The molecule has 0 fully saturated rings. The highest BCUT2D eigenvalue weighted by molar-refractivity contribution is 7.81. The summed E-state index contributed by atoms with van der Waals surface area (Å²) in [6.07, 6.45) is 0.605. The number of thiol groups is 1. The predicted molar refractivity (Wildman–Crippen MR) is 79.6 cm³/mol. The summed E-state index contributed by atoms with van der Waals surface area (Å²) in [5.74, 6) is -0.206. The Morgan fingerprint density at radius 3 is 2.26 bits per heavy atom. The van der Waals surface area contributed by atoms with Gasteiger partial charge in [-0.05, 0) is 43.9 Å². The fourth-order valence-corrected chi connectivity index (χ4v) is 2.01. The number of hydrogen-bond donors (Lipinski definition) is 2. The van der Waals surface area contributed by atoms with Gasteiger partial charge in [0.1, 0.15) is 5.82 Å². The Kier molecular flexibility index (Phi) is 5.41. The van der Waals surface area contributed by atoms with E-state index >= 15 is 0 Å². The maximum absolute atomic E-state index is 12.9. The topological polar surface area (TPSA) is 29.1 Å². The SMILES string of the molecule is CC(C)[C@H](Cc1ccc(F)cc1)C(=O)NC(C)(C)S. The first-order valence-corrected chi connectivity index (χ1v) is 6.92. The van der Waals surface area contributed by atoms with Crippen LogP contribution in [0.4, 0.5) is 4.39 Å². The van der Waals surface area contributed by atoms with Crippen LogP contribution in [-0.2, 0) is 11.2 Å². The summed E-state index contributed by atoms with van der Waals surface area (Å²) in [6, 6.07) is 6.30. The highest BCUT2D eigenvalue weighted by atomic mass is 32.1. The van der Waals surface area contributed by atoms with Gasteiger partial charge in [0.25, 0.3) is 0 Å². The van der Waals surface area contributed by atoms with Crippen LogP contribution < -0.4 is 5.32 Å². The van der Waals surface area contributed by atoms with Crippen molar-refractivity contribution in [3.8, 4) is 0 Å². The second-order valence-corrected chi connectivity index (χ2v) is 6.85. The summed E-state index contributed by atoms with van der Waals surface area (Å²) in [6.45, 7) is 7.70. The van der Waals surface area contributed by atoms with Gasteiger partial charge in [-0.2, -0.15) is 12.6 Å². The number of carbonyl (C=O) groups excluding carboxylic acids is 1. The van der Waals surface area contributed by atoms with Crippen LogP contribution in [0.5, 0.6) is 0 Å². The van der Waals surface area contributed by atoms with Gasteiger partial charge in [0, 0.05) is 5.92 Å². The Labute approximate surface area is 120 Å². The van der Waals surface area contributed by atoms with Crippen molar-refractivity contribution in [3.05, 3.63) is 35.6 Å². The largest absolute Gasteiger partial charge is 0.342 e. The molecular weight excluding hydrogens is 261 g/mol. The molecule has 0 aliphatic carbocycles. The summed E-state index contributed by atoms with van der Waals surface area (Å²) < 4.78 is 12.9. The third kappa shape index (κ3) is 5.64. The van der Waals surface area contributed by atoms with Crippen molar-refractivity contribution in [2.24, 2.45) is 11.8 Å². The monoisotopic (exact) mass is 283 g/mol. The van der Waals surface area contributed by atoms with E-state index in [0.717, 1.165) is 5.56 Å². The van der Waals surface area contributed by atoms with Gasteiger partial charge < -0.3 is 5.32 Å². The molecule has 0 radical (unpaired) electrons. The Hall–Kier alpha value is -1.03. The number of nitrogens with one attached hydrogen (secondary N) is 1. The van der Waals surface area contributed by atoms with Crippen molar-refractivity contribution in [2.45, 2.75) is 39.0 Å². The molecule has 0 spiro atoms. The summed E-state index contributed by atoms with van der Waals surface area (Å²) in [4.78, 5) is 11.7. The molecule has 0 aliphatic heterocycles. The van der Waals surface area contributed by atoms with Crippen LogP contribution in [0.15, 0.2) is 24.3 Å². The van der Waals surface area contributed by atoms with E-state index in [2.05, 4.69) is 17.9 Å². The second-order valence-electron chi connectivity index (χ2n) is 5.73. The zero-order valence-electron chi connectivity index (χ0n) is 11.9. The van der Waals surface area contributed by atoms with Gasteiger partial charge in [0.05, 0.1) is 4.87 Å². The first-order chi connectivity index (χ1) is 8.69. The lowest BCUT2D eigenvalue weighted by atomic mass is 9.88. The molecule has 4 heteroatoms. The van der Waals surface area contributed by atoms with E-state index in [1.807, 2.05) is 27.7 Å². The zero-order chi connectivity index (χ0) is 14.6. The van der Waals surface area contributed by atoms with Crippen LogP contribution in [0.2, 0.25) is 0 Å². The fraction of sp³-hybridized carbons (Fsp3) is 0.533. The summed E-state index contributed by atoms with van der Waals surface area (Å²) in [5, 5.41) is 2.88. The molecule has 0 saturated heterocycles. The molecule has 0 bridgehead atoms. The average molecular weight is 283 g/mol. The number of benzene rings is 1. The Morgan fingerprint density at radius 1 is 1.32 bits per heavy atom. The molecule has 1 rings (SSSR count). The first kappa shape index (κ1) is 16.0. The Bertz CT molecular complexity index is 423. The summed E-state index contributed by atoms with van der Waals surface area (Å²) >= 11 is 4.32. The third-order valence-corrected chi connectivity index (χ3v) is 3.05. The van der Waals surface area contributed by atoms with Crippen molar-refractivity contribution in [1.82, 2.24) is 5.32 Å². The average Bonchev–Trinajstić information content (AvgIpc) is 2.25. The highest BCUT2D eigenvalue weighted by Crippen LogP contribution is 2.20. The van der Waals surface area contributed by atoms with E-state index in [-0.39, 0.29) is 23.6 Å². The van der Waals surface area contributed by atoms with Gasteiger partial charge in [-0.15, -0.1) is 0 Å². The van der Waals surface area contributed by atoms with Crippen LogP contribution in [0.3, 0.4) is 0 Å². The lowest BCUT2D eigenvalue weighted by Gasteiger charge is -2.26. The number of hydrogen-bond acceptors (Lipinski definition) is 2. The summed E-state index contributed by atoms with van der Waals surface area (Å²) in [5.41, 5.74) is 0.965. The molecule has 1 amide bonds. The molecule has 1 aromatic rings. The van der Waals surface area contributed by atoms with Crippen LogP contribution >= 0.6 is 12.6 Å². The van der Waals surface area contributed by atoms with Crippen LogP contribution in [0.1, 0.15) is 33.3 Å². The lowest BCUT2D eigenvalue weighted by Crippen LogP contribution is -2.44. The standard InChI is InChI=1S/C15H22FNOS/c1-10(2)13(14(18)17-15(3,4)19)9-11-5-7-12(16)8-6-11/h5-8,10,13,19H,9H2,1-4H3,(H,17,18)/t13-/m0/s1. The van der Waals surface area contributed by atoms with E-state index in [0.29, 0.717) is 6.42 Å². The minimum atomic E-state index is -0.535. The van der Waals surface area contributed by atoms with Gasteiger partial charge in [0.15, 0.2) is 0 Å². The molecule has 0 saturated carbocycles. The molecule has 1 aromatic carbocycles. The van der Waals surface area contributed by atoms with Crippen LogP contribution in [0, 0.1) is 17.7 Å². The third-order valence-electron chi connectivity index (χ3n) is 2.94. The lowest BCUT2D eigenvalue weighted by molar-refractivity contribution is -0.127. The quantitative estimate of drug-likeness (QED) is 0.629. The van der Waals surface area contributed by atoms with Crippen molar-refractivity contribution in [1.29, 1.82) is 0 Å². The fourth-order valence-electron chi connectivity index (χ4n) is 1.90. The highest BCUT2D eigenvalue weighted by Gasteiger charge is 2.26. The van der Waals surface area contributed by atoms with E-state index in [9.17, 15) is 9.18 Å². The molecule has 1 N–H and O–H groups in total. The number of amides is 1. The molecule has 0 unspecified atom stereocenters. The molecule has 0 aromatic heterocycles. The van der Waals surface area contributed by atoms with Crippen molar-refractivity contribution in [2.75, 3.05) is 0 Å². The Balaban J connectivity index is 2.78. The number of rotatable bonds is 5.